The lowest BCUT2D eigenvalue weighted by Gasteiger charge is -2.52. The molecule has 118 valence electrons. The van der Waals surface area contributed by atoms with Crippen LogP contribution in [0.2, 0.25) is 0 Å². The van der Waals surface area contributed by atoms with Crippen molar-refractivity contribution >= 4 is 0 Å². The summed E-state index contributed by atoms with van der Waals surface area (Å²) in [5, 5.41) is 3.73. The first-order valence-electron chi connectivity index (χ1n) is 8.42. The molecule has 2 rings (SSSR count). The van der Waals surface area contributed by atoms with Crippen molar-refractivity contribution < 1.29 is 0 Å². The van der Waals surface area contributed by atoms with Gasteiger partial charge in [-0.3, -0.25) is 4.90 Å². The van der Waals surface area contributed by atoms with Crippen LogP contribution in [0.25, 0.3) is 0 Å². The SMILES string of the molecule is CCC1(C)CN(C(C)(C)CCc2ccccc2)C(C)CN1. The summed E-state index contributed by atoms with van der Waals surface area (Å²) in [5.41, 5.74) is 1.95. The summed E-state index contributed by atoms with van der Waals surface area (Å²) in [6, 6.07) is 11.5. The molecule has 21 heavy (non-hydrogen) atoms. The van der Waals surface area contributed by atoms with Crippen LogP contribution in [-0.4, -0.2) is 35.1 Å². The van der Waals surface area contributed by atoms with Gasteiger partial charge in [0.15, 0.2) is 0 Å². The fraction of sp³-hybridized carbons (Fsp3) is 0.684. The first-order chi connectivity index (χ1) is 9.86. The quantitative estimate of drug-likeness (QED) is 0.885. The van der Waals surface area contributed by atoms with E-state index in [2.05, 4.69) is 75.2 Å². The topological polar surface area (TPSA) is 15.3 Å². The van der Waals surface area contributed by atoms with Gasteiger partial charge in [-0.25, -0.2) is 0 Å². The standard InChI is InChI=1S/C19H32N2/c1-6-19(5)15-21(16(2)14-20-19)18(3,4)13-12-17-10-8-7-9-11-17/h7-11,16,20H,6,12-15H2,1-5H3. The molecule has 2 unspecified atom stereocenters. The Balaban J connectivity index is 2.03. The Bertz CT molecular complexity index is 440. The van der Waals surface area contributed by atoms with Gasteiger partial charge < -0.3 is 5.32 Å². The molecule has 1 N–H and O–H groups in total. The maximum Gasteiger partial charge on any atom is 0.0278 e. The van der Waals surface area contributed by atoms with E-state index in [9.17, 15) is 0 Å². The number of hydrogen-bond donors (Lipinski definition) is 1. The third-order valence-corrected chi connectivity index (χ3v) is 5.30. The maximum absolute atomic E-state index is 3.73. The van der Waals surface area contributed by atoms with Gasteiger partial charge in [0.2, 0.25) is 0 Å². The van der Waals surface area contributed by atoms with E-state index in [1.165, 1.54) is 18.4 Å². The molecule has 1 fully saturated rings. The average Bonchev–Trinajstić information content (AvgIpc) is 2.49. The highest BCUT2D eigenvalue weighted by molar-refractivity contribution is 5.15. The lowest BCUT2D eigenvalue weighted by atomic mass is 9.86. The molecule has 0 radical (unpaired) electrons. The van der Waals surface area contributed by atoms with Crippen molar-refractivity contribution in [3.05, 3.63) is 35.9 Å². The summed E-state index contributed by atoms with van der Waals surface area (Å²) in [6.07, 6.45) is 3.56. The molecule has 1 heterocycles. The van der Waals surface area contributed by atoms with E-state index in [1.54, 1.807) is 0 Å². The highest BCUT2D eigenvalue weighted by Crippen LogP contribution is 2.29. The van der Waals surface area contributed by atoms with Crippen LogP contribution in [0.1, 0.15) is 53.0 Å². The summed E-state index contributed by atoms with van der Waals surface area (Å²) in [4.78, 5) is 2.72. The summed E-state index contributed by atoms with van der Waals surface area (Å²) in [6.45, 7) is 14.1. The molecule has 2 heteroatoms. The lowest BCUT2D eigenvalue weighted by molar-refractivity contribution is 0.00623. The second-order valence-corrected chi connectivity index (χ2v) is 7.57. The normalized spacial score (nSPS) is 27.8. The molecule has 0 spiro atoms. The maximum atomic E-state index is 3.73. The Morgan fingerprint density at radius 2 is 1.95 bits per heavy atom. The Labute approximate surface area is 130 Å². The highest BCUT2D eigenvalue weighted by Gasteiger charge is 2.39. The number of piperazine rings is 1. The zero-order valence-corrected chi connectivity index (χ0v) is 14.4. The van der Waals surface area contributed by atoms with Gasteiger partial charge in [0.05, 0.1) is 0 Å². The molecule has 2 nitrogen and oxygen atoms in total. The van der Waals surface area contributed by atoms with Crippen molar-refractivity contribution in [1.29, 1.82) is 0 Å². The van der Waals surface area contributed by atoms with Crippen LogP contribution in [-0.2, 0) is 6.42 Å². The number of aryl methyl sites for hydroxylation is 1. The Morgan fingerprint density at radius 3 is 2.57 bits per heavy atom. The Morgan fingerprint density at radius 1 is 1.29 bits per heavy atom. The average molecular weight is 288 g/mol. The molecule has 1 aromatic rings. The van der Waals surface area contributed by atoms with Crippen molar-refractivity contribution in [3.63, 3.8) is 0 Å². The van der Waals surface area contributed by atoms with E-state index in [0.29, 0.717) is 6.04 Å². The Kier molecular flexibility index (Phi) is 5.11. The van der Waals surface area contributed by atoms with E-state index in [4.69, 9.17) is 0 Å². The van der Waals surface area contributed by atoms with Crippen LogP contribution in [0.3, 0.4) is 0 Å². The van der Waals surface area contributed by atoms with Crippen molar-refractivity contribution in [3.8, 4) is 0 Å². The van der Waals surface area contributed by atoms with Gasteiger partial charge in [0, 0.05) is 30.2 Å². The minimum Gasteiger partial charge on any atom is -0.309 e. The molecule has 0 aliphatic carbocycles. The van der Waals surface area contributed by atoms with Crippen LogP contribution in [0.5, 0.6) is 0 Å². The summed E-state index contributed by atoms with van der Waals surface area (Å²) >= 11 is 0. The minimum atomic E-state index is 0.244. The number of nitrogens with one attached hydrogen (secondary N) is 1. The second-order valence-electron chi connectivity index (χ2n) is 7.57. The van der Waals surface area contributed by atoms with Gasteiger partial charge in [-0.1, -0.05) is 37.3 Å². The van der Waals surface area contributed by atoms with E-state index < -0.39 is 0 Å². The molecular weight excluding hydrogens is 256 g/mol. The number of rotatable bonds is 5. The molecule has 0 aromatic heterocycles. The highest BCUT2D eigenvalue weighted by atomic mass is 15.3. The molecule has 1 aromatic carbocycles. The molecule has 1 aliphatic rings. The molecule has 0 saturated carbocycles. The number of nitrogens with zero attached hydrogens (tertiary/aromatic N) is 1. The van der Waals surface area contributed by atoms with Gasteiger partial charge >= 0.3 is 0 Å². The predicted octanol–water partition coefficient (Wildman–Crippen LogP) is 3.86. The monoisotopic (exact) mass is 288 g/mol. The van der Waals surface area contributed by atoms with Gasteiger partial charge in [-0.05, 0) is 52.5 Å². The predicted molar refractivity (Wildman–Crippen MR) is 91.7 cm³/mol. The van der Waals surface area contributed by atoms with E-state index in [-0.39, 0.29) is 11.1 Å². The van der Waals surface area contributed by atoms with Gasteiger partial charge in [0.1, 0.15) is 0 Å². The molecule has 1 aliphatic heterocycles. The van der Waals surface area contributed by atoms with Crippen molar-refractivity contribution in [2.24, 2.45) is 0 Å². The third-order valence-electron chi connectivity index (χ3n) is 5.30. The minimum absolute atomic E-state index is 0.244. The third kappa shape index (κ3) is 4.08. The second kappa shape index (κ2) is 6.50. The number of benzene rings is 1. The van der Waals surface area contributed by atoms with E-state index in [1.807, 2.05) is 0 Å². The fourth-order valence-corrected chi connectivity index (χ4v) is 3.38. The lowest BCUT2D eigenvalue weighted by Crippen LogP contribution is -2.66. The molecule has 0 amide bonds. The fourth-order valence-electron chi connectivity index (χ4n) is 3.38. The van der Waals surface area contributed by atoms with Crippen LogP contribution >= 0.6 is 0 Å². The Hall–Kier alpha value is -0.860. The van der Waals surface area contributed by atoms with Gasteiger partial charge in [0.25, 0.3) is 0 Å². The molecule has 1 saturated heterocycles. The van der Waals surface area contributed by atoms with Crippen LogP contribution in [0, 0.1) is 0 Å². The van der Waals surface area contributed by atoms with Crippen LogP contribution in [0.4, 0.5) is 0 Å². The summed E-state index contributed by atoms with van der Waals surface area (Å²) in [7, 11) is 0. The first-order valence-corrected chi connectivity index (χ1v) is 8.42. The van der Waals surface area contributed by atoms with Gasteiger partial charge in [-0.15, -0.1) is 0 Å². The van der Waals surface area contributed by atoms with Crippen molar-refractivity contribution in [2.45, 2.75) is 71.0 Å². The molecule has 0 bridgehead atoms. The largest absolute Gasteiger partial charge is 0.309 e. The van der Waals surface area contributed by atoms with Gasteiger partial charge in [-0.2, -0.15) is 0 Å². The van der Waals surface area contributed by atoms with Crippen molar-refractivity contribution in [2.75, 3.05) is 13.1 Å². The van der Waals surface area contributed by atoms with Crippen LogP contribution < -0.4 is 5.32 Å². The zero-order valence-electron chi connectivity index (χ0n) is 14.4. The smallest absolute Gasteiger partial charge is 0.0278 e. The zero-order chi connectivity index (χ0) is 15.5. The first kappa shape index (κ1) is 16.5. The van der Waals surface area contributed by atoms with Crippen LogP contribution in [0.15, 0.2) is 30.3 Å². The van der Waals surface area contributed by atoms with E-state index >= 15 is 0 Å². The summed E-state index contributed by atoms with van der Waals surface area (Å²) in [5.74, 6) is 0. The van der Waals surface area contributed by atoms with Crippen molar-refractivity contribution in [1.82, 2.24) is 10.2 Å². The van der Waals surface area contributed by atoms with E-state index in [0.717, 1.165) is 19.5 Å². The summed E-state index contributed by atoms with van der Waals surface area (Å²) < 4.78 is 0. The number of hydrogen-bond acceptors (Lipinski definition) is 2. The molecule has 2 atom stereocenters. The molecular formula is C19H32N2.